The Morgan fingerprint density at radius 2 is 1.88 bits per heavy atom. The van der Waals surface area contributed by atoms with Gasteiger partial charge in [-0.3, -0.25) is 14.5 Å². The third kappa shape index (κ3) is 4.54. The van der Waals surface area contributed by atoms with Crippen molar-refractivity contribution in [1.82, 2.24) is 20.0 Å². The number of urea groups is 1. The molecular formula is C25H34F2N4O3. The average molecular weight is 477 g/mol. The number of amides is 4. The summed E-state index contributed by atoms with van der Waals surface area (Å²) in [6.45, 7) is 4.15. The summed E-state index contributed by atoms with van der Waals surface area (Å²) in [5, 5.41) is 3.03. The van der Waals surface area contributed by atoms with Gasteiger partial charge in [0.2, 0.25) is 0 Å². The van der Waals surface area contributed by atoms with Gasteiger partial charge in [-0.15, -0.1) is 0 Å². The number of hydrogen-bond donors (Lipinski definition) is 1. The van der Waals surface area contributed by atoms with Crippen molar-refractivity contribution in [3.8, 4) is 0 Å². The van der Waals surface area contributed by atoms with Gasteiger partial charge in [0.05, 0.1) is 5.56 Å². The van der Waals surface area contributed by atoms with E-state index in [4.69, 9.17) is 0 Å². The van der Waals surface area contributed by atoms with E-state index in [1.807, 2.05) is 6.92 Å². The van der Waals surface area contributed by atoms with Gasteiger partial charge in [-0.1, -0.05) is 13.3 Å². The molecule has 1 aromatic rings. The predicted octanol–water partition coefficient (Wildman–Crippen LogP) is 3.39. The Morgan fingerprint density at radius 3 is 2.50 bits per heavy atom. The molecular weight excluding hydrogens is 442 g/mol. The molecule has 1 N–H and O–H groups in total. The molecule has 1 aromatic carbocycles. The smallest absolute Gasteiger partial charge is 0.325 e. The summed E-state index contributed by atoms with van der Waals surface area (Å²) in [4.78, 5) is 44.5. The first-order chi connectivity index (χ1) is 16.3. The Hall–Kier alpha value is -2.55. The number of rotatable bonds is 7. The van der Waals surface area contributed by atoms with Crippen molar-refractivity contribution < 1.29 is 23.2 Å². The minimum absolute atomic E-state index is 0.106. The van der Waals surface area contributed by atoms with Crippen molar-refractivity contribution >= 4 is 17.8 Å². The van der Waals surface area contributed by atoms with Crippen LogP contribution in [-0.2, 0) is 4.79 Å². The normalized spacial score (nSPS) is 26.4. The summed E-state index contributed by atoms with van der Waals surface area (Å²) in [7, 11) is 2.08. The molecule has 3 fully saturated rings. The van der Waals surface area contributed by atoms with Crippen LogP contribution >= 0.6 is 0 Å². The number of halogens is 2. The molecule has 9 heteroatoms. The van der Waals surface area contributed by atoms with Crippen molar-refractivity contribution in [2.45, 2.75) is 63.5 Å². The van der Waals surface area contributed by atoms with E-state index >= 15 is 0 Å². The highest BCUT2D eigenvalue weighted by Gasteiger charge is 2.55. The SMILES string of the molecule is CCC[C@@]1(C2CCN(C(=O)c3ccc(F)cc3F)CC2)NC(=O)N(CC[C@H]2CCCN2C)C1=O. The molecule has 3 saturated heterocycles. The van der Waals surface area contributed by atoms with Crippen LogP contribution in [0, 0.1) is 17.6 Å². The molecule has 4 rings (SSSR count). The highest BCUT2D eigenvalue weighted by Crippen LogP contribution is 2.37. The molecule has 0 unspecified atom stereocenters. The Balaban J connectivity index is 1.42. The van der Waals surface area contributed by atoms with Gasteiger partial charge in [-0.2, -0.15) is 0 Å². The summed E-state index contributed by atoms with van der Waals surface area (Å²) in [6.07, 6.45) is 5.34. The zero-order valence-corrected chi connectivity index (χ0v) is 20.0. The number of benzene rings is 1. The van der Waals surface area contributed by atoms with Crippen molar-refractivity contribution in [3.63, 3.8) is 0 Å². The standard InChI is InChI=1S/C25H34F2N4O3/c1-3-11-25(23(33)31(24(34)28-25)15-10-19-5-4-12-29(19)2)17-8-13-30(14-9-17)22(32)20-7-6-18(26)16-21(20)27/h6-7,16-17,19H,3-5,8-15H2,1-2H3,(H,28,34)/t19-,25+/m1/s1. The van der Waals surface area contributed by atoms with Crippen LogP contribution in [0.25, 0.3) is 0 Å². The highest BCUT2D eigenvalue weighted by molar-refractivity contribution is 6.07. The molecule has 34 heavy (non-hydrogen) atoms. The summed E-state index contributed by atoms with van der Waals surface area (Å²) in [5.74, 6) is -2.35. The summed E-state index contributed by atoms with van der Waals surface area (Å²) >= 11 is 0. The fraction of sp³-hybridized carbons (Fsp3) is 0.640. The quantitative estimate of drug-likeness (QED) is 0.613. The lowest BCUT2D eigenvalue weighted by Gasteiger charge is -2.41. The number of hydrogen-bond acceptors (Lipinski definition) is 4. The van der Waals surface area contributed by atoms with E-state index in [1.165, 1.54) is 4.90 Å². The maximum atomic E-state index is 14.1. The van der Waals surface area contributed by atoms with Gasteiger partial charge in [0, 0.05) is 31.7 Å². The van der Waals surface area contributed by atoms with Crippen LogP contribution in [0.15, 0.2) is 18.2 Å². The summed E-state index contributed by atoms with van der Waals surface area (Å²) < 4.78 is 27.3. The third-order valence-electron chi connectivity index (χ3n) is 7.84. The monoisotopic (exact) mass is 476 g/mol. The van der Waals surface area contributed by atoms with Crippen LogP contribution < -0.4 is 5.32 Å². The molecule has 0 bridgehead atoms. The van der Waals surface area contributed by atoms with Gasteiger partial charge in [-0.25, -0.2) is 13.6 Å². The Kier molecular flexibility index (Phi) is 7.21. The van der Waals surface area contributed by atoms with Gasteiger partial charge in [0.25, 0.3) is 11.8 Å². The second-order valence-electron chi connectivity index (χ2n) is 9.86. The number of nitrogens with one attached hydrogen (secondary N) is 1. The predicted molar refractivity (Wildman–Crippen MR) is 123 cm³/mol. The van der Waals surface area contributed by atoms with E-state index in [1.54, 1.807) is 4.90 Å². The fourth-order valence-electron chi connectivity index (χ4n) is 5.92. The number of likely N-dealkylation sites (tertiary alicyclic amines) is 2. The van der Waals surface area contributed by atoms with Gasteiger partial charge in [0.15, 0.2) is 0 Å². The van der Waals surface area contributed by atoms with Crippen LogP contribution in [-0.4, -0.2) is 77.4 Å². The van der Waals surface area contributed by atoms with E-state index in [0.29, 0.717) is 51.0 Å². The van der Waals surface area contributed by atoms with Gasteiger partial charge >= 0.3 is 6.03 Å². The molecule has 0 spiro atoms. The summed E-state index contributed by atoms with van der Waals surface area (Å²) in [6, 6.07) is 3.01. The molecule has 0 radical (unpaired) electrons. The minimum Gasteiger partial charge on any atom is -0.339 e. The number of imide groups is 1. The van der Waals surface area contributed by atoms with Crippen molar-refractivity contribution in [3.05, 3.63) is 35.4 Å². The van der Waals surface area contributed by atoms with Crippen molar-refractivity contribution in [2.75, 3.05) is 33.2 Å². The van der Waals surface area contributed by atoms with E-state index in [0.717, 1.165) is 44.4 Å². The van der Waals surface area contributed by atoms with Crippen molar-refractivity contribution in [1.29, 1.82) is 0 Å². The first-order valence-corrected chi connectivity index (χ1v) is 12.4. The zero-order valence-electron chi connectivity index (χ0n) is 20.0. The molecule has 2 atom stereocenters. The zero-order chi connectivity index (χ0) is 24.5. The Morgan fingerprint density at radius 1 is 1.15 bits per heavy atom. The second kappa shape index (κ2) is 9.98. The molecule has 3 aliphatic heterocycles. The lowest BCUT2D eigenvalue weighted by atomic mass is 9.74. The average Bonchev–Trinajstić information content (AvgIpc) is 3.32. The maximum Gasteiger partial charge on any atom is 0.325 e. The van der Waals surface area contributed by atoms with Crippen LogP contribution in [0.5, 0.6) is 0 Å². The van der Waals surface area contributed by atoms with Gasteiger partial charge in [-0.05, 0) is 70.2 Å². The Labute approximate surface area is 199 Å². The highest BCUT2D eigenvalue weighted by atomic mass is 19.1. The summed E-state index contributed by atoms with van der Waals surface area (Å²) in [5.41, 5.74) is -1.11. The number of carbonyl (C=O) groups excluding carboxylic acids is 3. The van der Waals surface area contributed by atoms with E-state index in [-0.39, 0.29) is 23.4 Å². The lowest BCUT2D eigenvalue weighted by molar-refractivity contribution is -0.134. The molecule has 186 valence electrons. The van der Waals surface area contributed by atoms with E-state index in [2.05, 4.69) is 17.3 Å². The molecule has 0 aromatic heterocycles. The first kappa shape index (κ1) is 24.6. The molecule has 3 heterocycles. The molecule has 0 aliphatic carbocycles. The lowest BCUT2D eigenvalue weighted by Crippen LogP contribution is -2.56. The van der Waals surface area contributed by atoms with Crippen LogP contribution in [0.2, 0.25) is 0 Å². The topological polar surface area (TPSA) is 73.0 Å². The fourth-order valence-corrected chi connectivity index (χ4v) is 5.92. The molecule has 0 saturated carbocycles. The Bertz CT molecular complexity index is 950. The minimum atomic E-state index is -0.955. The largest absolute Gasteiger partial charge is 0.339 e. The van der Waals surface area contributed by atoms with E-state index < -0.39 is 23.1 Å². The van der Waals surface area contributed by atoms with Crippen LogP contribution in [0.1, 0.15) is 62.2 Å². The number of piperidine rings is 1. The van der Waals surface area contributed by atoms with Crippen LogP contribution in [0.4, 0.5) is 13.6 Å². The maximum absolute atomic E-state index is 14.1. The van der Waals surface area contributed by atoms with Gasteiger partial charge in [0.1, 0.15) is 17.2 Å². The van der Waals surface area contributed by atoms with Crippen molar-refractivity contribution in [2.24, 2.45) is 5.92 Å². The third-order valence-corrected chi connectivity index (χ3v) is 7.84. The second-order valence-corrected chi connectivity index (χ2v) is 9.86. The first-order valence-electron chi connectivity index (χ1n) is 12.4. The number of carbonyl (C=O) groups is 3. The van der Waals surface area contributed by atoms with Crippen LogP contribution in [0.3, 0.4) is 0 Å². The molecule has 4 amide bonds. The van der Waals surface area contributed by atoms with Gasteiger partial charge < -0.3 is 15.1 Å². The number of nitrogens with zero attached hydrogens (tertiary/aromatic N) is 3. The molecule has 7 nitrogen and oxygen atoms in total. The van der Waals surface area contributed by atoms with E-state index in [9.17, 15) is 23.2 Å². The molecule has 3 aliphatic rings.